The highest BCUT2D eigenvalue weighted by Crippen LogP contribution is 2.32. The zero-order valence-electron chi connectivity index (χ0n) is 9.06. The monoisotopic (exact) mass is 227 g/mol. The Balaban J connectivity index is 2.95. The maximum atomic E-state index is 11.3. The molecule has 1 atom stereocenters. The van der Waals surface area contributed by atoms with Crippen LogP contribution in [0.4, 0.5) is 0 Å². The normalized spacial score (nSPS) is 15.2. The van der Waals surface area contributed by atoms with Crippen molar-refractivity contribution in [1.82, 2.24) is 0 Å². The Labute approximate surface area is 93.9 Å². The average Bonchev–Trinajstić information content (AvgIpc) is 2.65. The number of hydrogen-bond acceptors (Lipinski definition) is 3. The minimum Gasteiger partial charge on any atom is -0.481 e. The lowest BCUT2D eigenvalue weighted by atomic mass is 9.74. The number of thiophene rings is 1. The fraction of sp³-hybridized carbons (Fsp3) is 0.545. The van der Waals surface area contributed by atoms with Crippen molar-refractivity contribution in [2.24, 2.45) is 17.1 Å². The van der Waals surface area contributed by atoms with Crippen molar-refractivity contribution in [3.05, 3.63) is 22.4 Å². The summed E-state index contributed by atoms with van der Waals surface area (Å²) < 4.78 is 0. The van der Waals surface area contributed by atoms with E-state index in [0.29, 0.717) is 6.42 Å². The fourth-order valence-electron chi connectivity index (χ4n) is 1.65. The first-order valence-electron chi connectivity index (χ1n) is 4.99. The van der Waals surface area contributed by atoms with E-state index in [9.17, 15) is 9.90 Å². The summed E-state index contributed by atoms with van der Waals surface area (Å²) in [5.74, 6) is -0.768. The van der Waals surface area contributed by atoms with Gasteiger partial charge in [-0.25, -0.2) is 0 Å². The molecule has 0 aliphatic heterocycles. The quantitative estimate of drug-likeness (QED) is 0.808. The summed E-state index contributed by atoms with van der Waals surface area (Å²) in [5, 5.41) is 11.3. The van der Waals surface area contributed by atoms with Gasteiger partial charge in [0.25, 0.3) is 0 Å². The van der Waals surface area contributed by atoms with Crippen LogP contribution in [0.15, 0.2) is 17.5 Å². The van der Waals surface area contributed by atoms with E-state index in [1.807, 2.05) is 31.4 Å². The number of carboxylic acid groups (broad SMARTS) is 1. The predicted molar refractivity (Wildman–Crippen MR) is 62.0 cm³/mol. The van der Waals surface area contributed by atoms with Gasteiger partial charge in [0.05, 0.1) is 5.41 Å². The Morgan fingerprint density at radius 3 is 2.67 bits per heavy atom. The molecule has 0 aromatic carbocycles. The van der Waals surface area contributed by atoms with Crippen molar-refractivity contribution in [3.63, 3.8) is 0 Å². The van der Waals surface area contributed by atoms with Crippen molar-refractivity contribution in [2.45, 2.75) is 20.3 Å². The Kier molecular flexibility index (Phi) is 3.88. The molecule has 1 aromatic rings. The van der Waals surface area contributed by atoms with E-state index >= 15 is 0 Å². The first-order chi connectivity index (χ1) is 7.03. The number of rotatable bonds is 5. The van der Waals surface area contributed by atoms with E-state index in [1.54, 1.807) is 11.3 Å². The minimum absolute atomic E-state index is 0.0297. The Morgan fingerprint density at radius 1 is 1.67 bits per heavy atom. The lowest BCUT2D eigenvalue weighted by Crippen LogP contribution is -2.44. The van der Waals surface area contributed by atoms with Crippen LogP contribution in [-0.4, -0.2) is 17.6 Å². The van der Waals surface area contributed by atoms with Crippen LogP contribution in [-0.2, 0) is 11.2 Å². The molecule has 0 bridgehead atoms. The molecule has 15 heavy (non-hydrogen) atoms. The van der Waals surface area contributed by atoms with Crippen LogP contribution in [0.2, 0.25) is 0 Å². The summed E-state index contributed by atoms with van der Waals surface area (Å²) in [6, 6.07) is 3.89. The lowest BCUT2D eigenvalue weighted by molar-refractivity contribution is -0.151. The predicted octanol–water partition coefficient (Wildman–Crippen LogP) is 1.98. The van der Waals surface area contributed by atoms with Crippen molar-refractivity contribution in [2.75, 3.05) is 6.54 Å². The highest BCUT2D eigenvalue weighted by Gasteiger charge is 2.40. The van der Waals surface area contributed by atoms with Crippen molar-refractivity contribution < 1.29 is 9.90 Å². The minimum atomic E-state index is -0.829. The van der Waals surface area contributed by atoms with Gasteiger partial charge in [0, 0.05) is 11.4 Å². The fourth-order valence-corrected chi connectivity index (χ4v) is 2.48. The summed E-state index contributed by atoms with van der Waals surface area (Å²) in [6.45, 7) is 4.00. The van der Waals surface area contributed by atoms with Gasteiger partial charge in [-0.05, 0) is 23.8 Å². The third-order valence-electron chi connectivity index (χ3n) is 2.97. The molecule has 3 N–H and O–H groups in total. The first kappa shape index (κ1) is 12.2. The Bertz CT molecular complexity index is 321. The van der Waals surface area contributed by atoms with Crippen LogP contribution in [0.3, 0.4) is 0 Å². The van der Waals surface area contributed by atoms with Crippen LogP contribution >= 0.6 is 11.3 Å². The summed E-state index contributed by atoms with van der Waals surface area (Å²) in [6.07, 6.45) is 0.522. The number of carbonyl (C=O) groups is 1. The van der Waals surface area contributed by atoms with Crippen molar-refractivity contribution >= 4 is 17.3 Å². The molecule has 0 aliphatic carbocycles. The number of carboxylic acids is 1. The molecule has 4 heteroatoms. The molecule has 3 nitrogen and oxygen atoms in total. The summed E-state index contributed by atoms with van der Waals surface area (Å²) in [5.41, 5.74) is 4.82. The van der Waals surface area contributed by atoms with E-state index in [1.165, 1.54) is 0 Å². The van der Waals surface area contributed by atoms with Gasteiger partial charge >= 0.3 is 5.97 Å². The average molecular weight is 227 g/mol. The molecule has 1 heterocycles. The van der Waals surface area contributed by atoms with Crippen LogP contribution < -0.4 is 5.73 Å². The summed E-state index contributed by atoms with van der Waals surface area (Å²) >= 11 is 1.58. The molecule has 0 saturated heterocycles. The van der Waals surface area contributed by atoms with E-state index in [2.05, 4.69) is 0 Å². The summed E-state index contributed by atoms with van der Waals surface area (Å²) in [7, 11) is 0. The molecule has 1 unspecified atom stereocenters. The molecule has 0 radical (unpaired) electrons. The zero-order valence-corrected chi connectivity index (χ0v) is 9.88. The van der Waals surface area contributed by atoms with Gasteiger partial charge in [-0.2, -0.15) is 0 Å². The molecule has 1 aromatic heterocycles. The third kappa shape index (κ3) is 2.38. The second-order valence-electron chi connectivity index (χ2n) is 4.08. The van der Waals surface area contributed by atoms with E-state index < -0.39 is 11.4 Å². The Morgan fingerprint density at radius 2 is 2.33 bits per heavy atom. The maximum Gasteiger partial charge on any atom is 0.311 e. The van der Waals surface area contributed by atoms with Crippen LogP contribution in [0.5, 0.6) is 0 Å². The van der Waals surface area contributed by atoms with Gasteiger partial charge in [-0.3, -0.25) is 4.79 Å². The largest absolute Gasteiger partial charge is 0.481 e. The van der Waals surface area contributed by atoms with E-state index in [0.717, 1.165) is 4.88 Å². The van der Waals surface area contributed by atoms with Gasteiger partial charge in [-0.1, -0.05) is 19.9 Å². The maximum absolute atomic E-state index is 11.3. The number of nitrogens with two attached hydrogens (primary N) is 1. The van der Waals surface area contributed by atoms with Gasteiger partial charge in [0.2, 0.25) is 0 Å². The number of aliphatic carboxylic acids is 1. The molecule has 84 valence electrons. The summed E-state index contributed by atoms with van der Waals surface area (Å²) in [4.78, 5) is 12.4. The molecule has 0 spiro atoms. The second kappa shape index (κ2) is 4.77. The standard InChI is InChI=1S/C11H17NO2S/c1-8(2)11(7-12,10(13)14)6-9-4-3-5-15-9/h3-5,8H,6-7,12H2,1-2H3,(H,13,14). The van der Waals surface area contributed by atoms with Crippen LogP contribution in [0, 0.1) is 11.3 Å². The molecular weight excluding hydrogens is 210 g/mol. The van der Waals surface area contributed by atoms with Gasteiger partial charge < -0.3 is 10.8 Å². The SMILES string of the molecule is CC(C)C(CN)(Cc1cccs1)C(=O)O. The highest BCUT2D eigenvalue weighted by molar-refractivity contribution is 7.09. The molecule has 0 fully saturated rings. The zero-order chi connectivity index (χ0) is 11.5. The molecule has 0 aliphatic rings. The van der Waals surface area contributed by atoms with E-state index in [4.69, 9.17) is 5.73 Å². The van der Waals surface area contributed by atoms with Crippen molar-refractivity contribution in [3.8, 4) is 0 Å². The van der Waals surface area contributed by atoms with Crippen molar-refractivity contribution in [1.29, 1.82) is 0 Å². The van der Waals surface area contributed by atoms with Crippen LogP contribution in [0.25, 0.3) is 0 Å². The van der Waals surface area contributed by atoms with Gasteiger partial charge in [-0.15, -0.1) is 11.3 Å². The lowest BCUT2D eigenvalue weighted by Gasteiger charge is -2.31. The molecule has 1 rings (SSSR count). The topological polar surface area (TPSA) is 63.3 Å². The van der Waals surface area contributed by atoms with Crippen LogP contribution in [0.1, 0.15) is 18.7 Å². The second-order valence-corrected chi connectivity index (χ2v) is 5.11. The smallest absolute Gasteiger partial charge is 0.311 e. The first-order valence-corrected chi connectivity index (χ1v) is 5.86. The third-order valence-corrected chi connectivity index (χ3v) is 3.84. The van der Waals surface area contributed by atoms with Gasteiger partial charge in [0.1, 0.15) is 0 Å². The number of hydrogen-bond donors (Lipinski definition) is 2. The molecule has 0 saturated carbocycles. The Hall–Kier alpha value is -0.870. The molecular formula is C11H17NO2S. The molecule has 0 amide bonds. The van der Waals surface area contributed by atoms with E-state index in [-0.39, 0.29) is 12.5 Å². The van der Waals surface area contributed by atoms with Gasteiger partial charge in [0.15, 0.2) is 0 Å². The highest BCUT2D eigenvalue weighted by atomic mass is 32.1.